The number of alkyl halides is 7. The molecule has 0 aliphatic carbocycles. The number of halogens is 9. The first kappa shape index (κ1) is 19.3. The van der Waals surface area contributed by atoms with E-state index < -0.39 is 28.3 Å². The van der Waals surface area contributed by atoms with Gasteiger partial charge in [-0.05, 0) is 44.0 Å². The zero-order valence-corrected chi connectivity index (χ0v) is 16.0. The SMILES string of the molecule is FC(F)(F)Oc1cc(Br)c(N2C(C(F)(F)F)=CSC2Br)c(Br)c1. The first-order valence-corrected chi connectivity index (χ1v) is 8.95. The molecule has 0 amide bonds. The lowest BCUT2D eigenvalue weighted by Crippen LogP contribution is -2.32. The van der Waals surface area contributed by atoms with E-state index in [2.05, 4.69) is 52.5 Å². The molecule has 0 N–H and O–H groups in total. The van der Waals surface area contributed by atoms with Crippen molar-refractivity contribution < 1.29 is 31.1 Å². The second kappa shape index (κ2) is 6.68. The number of anilines is 1. The van der Waals surface area contributed by atoms with E-state index in [0.717, 1.165) is 34.2 Å². The van der Waals surface area contributed by atoms with Crippen LogP contribution in [-0.4, -0.2) is 16.8 Å². The molecule has 1 aromatic carbocycles. The Morgan fingerprint density at radius 1 is 1.04 bits per heavy atom. The highest BCUT2D eigenvalue weighted by atomic mass is 79.9. The van der Waals surface area contributed by atoms with Crippen molar-refractivity contribution in [3.8, 4) is 5.75 Å². The Kier molecular flexibility index (Phi) is 5.59. The summed E-state index contributed by atoms with van der Waals surface area (Å²) in [7, 11) is 0. The molecule has 1 heterocycles. The Morgan fingerprint density at radius 2 is 1.57 bits per heavy atom. The van der Waals surface area contributed by atoms with Crippen LogP contribution >= 0.6 is 59.6 Å². The van der Waals surface area contributed by atoms with E-state index in [0.29, 0.717) is 0 Å². The van der Waals surface area contributed by atoms with Gasteiger partial charge in [0.1, 0.15) is 15.7 Å². The van der Waals surface area contributed by atoms with Crippen molar-refractivity contribution in [3.05, 3.63) is 32.2 Å². The number of nitrogens with zero attached hydrogens (tertiary/aromatic N) is 1. The fourth-order valence-corrected chi connectivity index (χ4v) is 4.84. The highest BCUT2D eigenvalue weighted by Crippen LogP contribution is 2.50. The van der Waals surface area contributed by atoms with E-state index in [1.54, 1.807) is 0 Å². The molecule has 0 fully saturated rings. The zero-order valence-electron chi connectivity index (χ0n) is 10.5. The molecule has 128 valence electrons. The number of hydrogen-bond donors (Lipinski definition) is 0. The van der Waals surface area contributed by atoms with Gasteiger partial charge in [-0.3, -0.25) is 0 Å². The van der Waals surface area contributed by atoms with Crippen LogP contribution in [0.25, 0.3) is 0 Å². The van der Waals surface area contributed by atoms with Gasteiger partial charge in [-0.2, -0.15) is 13.2 Å². The summed E-state index contributed by atoms with van der Waals surface area (Å²) in [5, 5.41) is 0.929. The topological polar surface area (TPSA) is 12.5 Å². The maximum atomic E-state index is 13.1. The van der Waals surface area contributed by atoms with E-state index in [-0.39, 0.29) is 14.6 Å². The van der Waals surface area contributed by atoms with Crippen LogP contribution in [0.1, 0.15) is 0 Å². The molecule has 0 aromatic heterocycles. The van der Waals surface area contributed by atoms with Crippen molar-refractivity contribution in [1.82, 2.24) is 0 Å². The first-order chi connectivity index (χ1) is 10.4. The van der Waals surface area contributed by atoms with Gasteiger partial charge in [0.15, 0.2) is 0 Å². The Labute approximate surface area is 155 Å². The van der Waals surface area contributed by atoms with E-state index in [4.69, 9.17) is 0 Å². The number of rotatable bonds is 2. The molecule has 1 aromatic rings. The van der Waals surface area contributed by atoms with Crippen molar-refractivity contribution in [3.63, 3.8) is 0 Å². The number of thioether (sulfide) groups is 1. The molecular formula is C11H4Br3F6NOS. The molecule has 12 heteroatoms. The van der Waals surface area contributed by atoms with Crippen LogP contribution in [-0.2, 0) is 0 Å². The summed E-state index contributed by atoms with van der Waals surface area (Å²) in [6, 6.07) is 1.90. The van der Waals surface area contributed by atoms with E-state index in [1.165, 1.54) is 0 Å². The monoisotopic (exact) mass is 549 g/mol. The summed E-state index contributed by atoms with van der Waals surface area (Å²) in [6.07, 6.45) is -9.52. The molecule has 1 unspecified atom stereocenters. The summed E-state index contributed by atoms with van der Waals surface area (Å²) in [4.78, 5) is 0.913. The largest absolute Gasteiger partial charge is 0.573 e. The van der Waals surface area contributed by atoms with Gasteiger partial charge in [-0.1, -0.05) is 27.7 Å². The van der Waals surface area contributed by atoms with E-state index in [9.17, 15) is 26.3 Å². The van der Waals surface area contributed by atoms with Gasteiger partial charge in [0.25, 0.3) is 0 Å². The van der Waals surface area contributed by atoms with Crippen LogP contribution < -0.4 is 9.64 Å². The first-order valence-electron chi connectivity index (χ1n) is 5.51. The van der Waals surface area contributed by atoms with Crippen molar-refractivity contribution >= 4 is 65.2 Å². The molecule has 0 spiro atoms. The van der Waals surface area contributed by atoms with E-state index in [1.807, 2.05) is 0 Å². The normalized spacial score (nSPS) is 19.1. The molecule has 0 saturated carbocycles. The van der Waals surface area contributed by atoms with Crippen LogP contribution in [0.5, 0.6) is 5.75 Å². The van der Waals surface area contributed by atoms with Gasteiger partial charge in [0.05, 0.1) is 5.69 Å². The average Bonchev–Trinajstić information content (AvgIpc) is 2.68. The number of allylic oxidation sites excluding steroid dienone is 1. The van der Waals surface area contributed by atoms with Gasteiger partial charge in [-0.25, -0.2) is 0 Å². The minimum Gasteiger partial charge on any atom is -0.406 e. The summed E-state index contributed by atoms with van der Waals surface area (Å²) < 4.78 is 79.0. The molecule has 23 heavy (non-hydrogen) atoms. The Balaban J connectivity index is 2.46. The molecule has 0 bridgehead atoms. The van der Waals surface area contributed by atoms with Crippen LogP contribution in [0, 0.1) is 0 Å². The Bertz CT molecular complexity index is 625. The van der Waals surface area contributed by atoms with Crippen molar-refractivity contribution in [1.29, 1.82) is 0 Å². The summed E-state index contributed by atoms with van der Waals surface area (Å²) in [5.41, 5.74) is -0.912. The highest BCUT2D eigenvalue weighted by molar-refractivity contribution is 9.11. The molecule has 2 rings (SSSR count). The zero-order chi connectivity index (χ0) is 17.6. The van der Waals surface area contributed by atoms with Gasteiger partial charge >= 0.3 is 12.5 Å². The standard InChI is InChI=1S/C11H4Br3F6NOS/c12-5-1-4(22-11(18,19)20)2-6(13)8(5)21-7(10(15,16)17)3-23-9(21)14/h1-3,9H. The predicted octanol–water partition coefficient (Wildman–Crippen LogP) is 6.75. The molecular weight excluding hydrogens is 548 g/mol. The Hall–Kier alpha value is -0.0700. The average molecular weight is 552 g/mol. The van der Waals surface area contributed by atoms with E-state index >= 15 is 0 Å². The third-order valence-electron chi connectivity index (χ3n) is 2.51. The molecule has 1 atom stereocenters. The quantitative estimate of drug-likeness (QED) is 0.229. The molecule has 1 aliphatic heterocycles. The lowest BCUT2D eigenvalue weighted by atomic mass is 10.2. The van der Waals surface area contributed by atoms with Crippen molar-refractivity contribution in [2.45, 2.75) is 16.8 Å². The third-order valence-corrected chi connectivity index (χ3v) is 5.57. The number of benzene rings is 1. The predicted molar refractivity (Wildman–Crippen MR) is 85.4 cm³/mol. The fraction of sp³-hybridized carbons (Fsp3) is 0.273. The van der Waals surface area contributed by atoms with Crippen LogP contribution in [0.15, 0.2) is 32.2 Å². The third kappa shape index (κ3) is 4.51. The fourth-order valence-electron chi connectivity index (χ4n) is 1.74. The van der Waals surface area contributed by atoms with Crippen LogP contribution in [0.3, 0.4) is 0 Å². The summed E-state index contributed by atoms with van der Waals surface area (Å²) >= 11 is 9.96. The van der Waals surface area contributed by atoms with Crippen LogP contribution in [0.4, 0.5) is 32.0 Å². The van der Waals surface area contributed by atoms with Crippen molar-refractivity contribution in [2.75, 3.05) is 4.90 Å². The van der Waals surface area contributed by atoms with Gasteiger partial charge in [0.2, 0.25) is 0 Å². The minimum atomic E-state index is -4.90. The lowest BCUT2D eigenvalue weighted by molar-refractivity contribution is -0.274. The second-order valence-electron chi connectivity index (χ2n) is 4.08. The second-order valence-corrected chi connectivity index (χ2v) is 8.22. The smallest absolute Gasteiger partial charge is 0.406 e. The molecule has 2 nitrogen and oxygen atoms in total. The Morgan fingerprint density at radius 3 is 2.00 bits per heavy atom. The molecule has 0 radical (unpaired) electrons. The lowest BCUT2D eigenvalue weighted by Gasteiger charge is -2.29. The summed E-state index contributed by atoms with van der Waals surface area (Å²) in [5.74, 6) is -0.560. The maximum Gasteiger partial charge on any atom is 0.573 e. The number of ether oxygens (including phenoxy) is 1. The molecule has 0 saturated heterocycles. The minimum absolute atomic E-state index is 0.00762. The maximum absolute atomic E-state index is 13.1. The number of hydrogen-bond acceptors (Lipinski definition) is 3. The van der Waals surface area contributed by atoms with Gasteiger partial charge in [0, 0.05) is 14.4 Å². The highest BCUT2D eigenvalue weighted by Gasteiger charge is 2.45. The van der Waals surface area contributed by atoms with Gasteiger partial charge < -0.3 is 9.64 Å². The molecule has 1 aliphatic rings. The summed E-state index contributed by atoms with van der Waals surface area (Å²) in [6.45, 7) is 0. The van der Waals surface area contributed by atoms with Crippen molar-refractivity contribution in [2.24, 2.45) is 0 Å². The van der Waals surface area contributed by atoms with Gasteiger partial charge in [-0.15, -0.1) is 13.2 Å². The van der Waals surface area contributed by atoms with Crippen LogP contribution in [0.2, 0.25) is 0 Å².